The number of ether oxygens (including phenoxy) is 1. The van der Waals surface area contributed by atoms with E-state index < -0.39 is 17.7 Å². The summed E-state index contributed by atoms with van der Waals surface area (Å²) >= 11 is 11.6. The van der Waals surface area contributed by atoms with Crippen molar-refractivity contribution in [3.63, 3.8) is 0 Å². The van der Waals surface area contributed by atoms with Gasteiger partial charge >= 0.3 is 0 Å². The lowest BCUT2D eigenvalue weighted by Gasteiger charge is -2.16. The Kier molecular flexibility index (Phi) is 6.39. The molecule has 7 nitrogen and oxygen atoms in total. The zero-order valence-electron chi connectivity index (χ0n) is 17.4. The molecule has 4 rings (SSSR count). The molecule has 1 aliphatic heterocycles. The third kappa shape index (κ3) is 4.57. The van der Waals surface area contributed by atoms with Crippen molar-refractivity contribution in [2.24, 2.45) is 0 Å². The molecule has 1 heterocycles. The minimum Gasteiger partial charge on any atom is -0.494 e. The molecule has 2 N–H and O–H groups in total. The highest BCUT2D eigenvalue weighted by Gasteiger charge is 2.36. The van der Waals surface area contributed by atoms with Crippen LogP contribution in [0.4, 0.5) is 11.4 Å². The molecule has 0 saturated carbocycles. The van der Waals surface area contributed by atoms with Crippen LogP contribution in [-0.2, 0) is 0 Å². The number of nitrogens with one attached hydrogen (secondary N) is 2. The van der Waals surface area contributed by atoms with Gasteiger partial charge in [0.2, 0.25) is 0 Å². The van der Waals surface area contributed by atoms with E-state index in [2.05, 4.69) is 10.6 Å². The number of carbonyl (C=O) groups excluding carboxylic acids is 3. The minimum absolute atomic E-state index is 0.0391. The van der Waals surface area contributed by atoms with Crippen molar-refractivity contribution < 1.29 is 19.1 Å². The Balaban J connectivity index is 1.45. The van der Waals surface area contributed by atoms with Gasteiger partial charge in [0, 0.05) is 5.56 Å². The fourth-order valence-electron chi connectivity index (χ4n) is 3.39. The van der Waals surface area contributed by atoms with Crippen LogP contribution in [0.3, 0.4) is 0 Å². The molecule has 3 amide bonds. The molecule has 0 bridgehead atoms. The van der Waals surface area contributed by atoms with E-state index in [1.807, 2.05) is 6.92 Å². The number of rotatable bonds is 5. The Morgan fingerprint density at radius 3 is 2.33 bits per heavy atom. The monoisotopic (exact) mass is 479 g/mol. The van der Waals surface area contributed by atoms with Crippen LogP contribution < -0.4 is 20.3 Å². The number of hydrogen-bond acceptors (Lipinski definition) is 5. The number of thiocarbonyl (C=S) groups is 1. The van der Waals surface area contributed by atoms with Crippen LogP contribution in [0.1, 0.15) is 38.0 Å². The Labute approximate surface area is 200 Å². The van der Waals surface area contributed by atoms with Gasteiger partial charge in [-0.05, 0) is 67.7 Å². The van der Waals surface area contributed by atoms with Crippen LogP contribution in [0, 0.1) is 0 Å². The Morgan fingerprint density at radius 2 is 1.70 bits per heavy atom. The second kappa shape index (κ2) is 9.40. The third-order valence-corrected chi connectivity index (χ3v) is 5.40. The predicted octanol–water partition coefficient (Wildman–Crippen LogP) is 4.67. The molecular weight excluding hydrogens is 462 g/mol. The fraction of sp³-hybridized carbons (Fsp3) is 0.0833. The van der Waals surface area contributed by atoms with E-state index in [0.29, 0.717) is 40.4 Å². The maximum atomic E-state index is 12.7. The summed E-state index contributed by atoms with van der Waals surface area (Å²) in [5.74, 6) is -0.655. The van der Waals surface area contributed by atoms with E-state index in [1.54, 1.807) is 60.7 Å². The van der Waals surface area contributed by atoms with Gasteiger partial charge in [0.05, 0.1) is 34.1 Å². The Hall–Kier alpha value is -3.75. The highest BCUT2D eigenvalue weighted by Crippen LogP contribution is 2.32. The number of nitrogens with zero attached hydrogens (tertiary/aromatic N) is 1. The fourth-order valence-corrected chi connectivity index (χ4v) is 3.82. The summed E-state index contributed by atoms with van der Waals surface area (Å²) in [5.41, 5.74) is 1.82. The predicted molar refractivity (Wildman–Crippen MR) is 130 cm³/mol. The number of carbonyl (C=O) groups is 3. The van der Waals surface area contributed by atoms with Crippen molar-refractivity contribution >= 4 is 58.0 Å². The summed E-state index contributed by atoms with van der Waals surface area (Å²) in [5, 5.41) is 5.70. The number of benzene rings is 3. The molecule has 1 aliphatic rings. The average molecular weight is 480 g/mol. The maximum Gasteiger partial charge on any atom is 0.266 e. The normalized spacial score (nSPS) is 12.4. The molecule has 9 heteroatoms. The third-order valence-electron chi connectivity index (χ3n) is 4.89. The lowest BCUT2D eigenvalue weighted by Crippen LogP contribution is -2.34. The van der Waals surface area contributed by atoms with Gasteiger partial charge in [-0.25, -0.2) is 4.90 Å². The standard InChI is InChI=1S/C24H18ClN3O4S/c1-2-32-16-7-5-6-14(12-16)21(29)27-24(33)26-20-11-10-15(13-19(20)25)28-22(30)17-8-3-4-9-18(17)23(28)31/h3-13H,2H2,1H3,(H2,26,27,29,33). The molecule has 0 unspecified atom stereocenters. The first kappa shape index (κ1) is 22.4. The molecule has 0 atom stereocenters. The first-order chi connectivity index (χ1) is 15.9. The molecule has 0 radical (unpaired) electrons. The topological polar surface area (TPSA) is 87.7 Å². The van der Waals surface area contributed by atoms with Gasteiger partial charge in [-0.1, -0.05) is 29.8 Å². The smallest absolute Gasteiger partial charge is 0.266 e. The molecular formula is C24H18ClN3O4S. The van der Waals surface area contributed by atoms with Crippen molar-refractivity contribution in [3.8, 4) is 5.75 Å². The Morgan fingerprint density at radius 1 is 1.00 bits per heavy atom. The van der Waals surface area contributed by atoms with Crippen molar-refractivity contribution in [3.05, 3.63) is 88.4 Å². The maximum absolute atomic E-state index is 12.7. The highest BCUT2D eigenvalue weighted by molar-refractivity contribution is 7.80. The van der Waals surface area contributed by atoms with E-state index in [-0.39, 0.29) is 10.1 Å². The van der Waals surface area contributed by atoms with Crippen molar-refractivity contribution in [1.82, 2.24) is 5.32 Å². The number of imide groups is 1. The van der Waals surface area contributed by atoms with E-state index in [9.17, 15) is 14.4 Å². The van der Waals surface area contributed by atoms with Crippen LogP contribution in [0.15, 0.2) is 66.7 Å². The second-order valence-electron chi connectivity index (χ2n) is 7.02. The van der Waals surface area contributed by atoms with Gasteiger partial charge in [-0.15, -0.1) is 0 Å². The highest BCUT2D eigenvalue weighted by atomic mass is 35.5. The van der Waals surface area contributed by atoms with Gasteiger partial charge in [0.1, 0.15) is 5.75 Å². The van der Waals surface area contributed by atoms with Crippen LogP contribution in [-0.4, -0.2) is 29.4 Å². The van der Waals surface area contributed by atoms with Crippen LogP contribution in [0.25, 0.3) is 0 Å². The molecule has 33 heavy (non-hydrogen) atoms. The second-order valence-corrected chi connectivity index (χ2v) is 7.84. The van der Waals surface area contributed by atoms with E-state index in [4.69, 9.17) is 28.6 Å². The van der Waals surface area contributed by atoms with E-state index in [0.717, 1.165) is 4.90 Å². The molecule has 0 spiro atoms. The summed E-state index contributed by atoms with van der Waals surface area (Å²) < 4.78 is 5.40. The zero-order valence-corrected chi connectivity index (χ0v) is 19.0. The van der Waals surface area contributed by atoms with Crippen LogP contribution >= 0.6 is 23.8 Å². The molecule has 0 aliphatic carbocycles. The minimum atomic E-state index is -0.413. The Bertz CT molecular complexity index is 1260. The van der Waals surface area contributed by atoms with Gasteiger partial charge in [0.25, 0.3) is 17.7 Å². The van der Waals surface area contributed by atoms with E-state index in [1.165, 1.54) is 6.07 Å². The van der Waals surface area contributed by atoms with Crippen LogP contribution in [0.2, 0.25) is 5.02 Å². The number of amides is 3. The summed E-state index contributed by atoms with van der Waals surface area (Å²) in [6.45, 7) is 2.34. The summed E-state index contributed by atoms with van der Waals surface area (Å²) in [7, 11) is 0. The lowest BCUT2D eigenvalue weighted by atomic mass is 10.1. The van der Waals surface area contributed by atoms with Crippen molar-refractivity contribution in [1.29, 1.82) is 0 Å². The summed E-state index contributed by atoms with van der Waals surface area (Å²) in [6, 6.07) is 18.0. The van der Waals surface area contributed by atoms with Crippen LogP contribution in [0.5, 0.6) is 5.75 Å². The lowest BCUT2D eigenvalue weighted by molar-refractivity contribution is 0.0923. The summed E-state index contributed by atoms with van der Waals surface area (Å²) in [6.07, 6.45) is 0. The van der Waals surface area contributed by atoms with Gasteiger partial charge in [-0.3, -0.25) is 19.7 Å². The first-order valence-corrected chi connectivity index (χ1v) is 10.8. The first-order valence-electron chi connectivity index (χ1n) is 10.0. The number of hydrogen-bond donors (Lipinski definition) is 2. The summed E-state index contributed by atoms with van der Waals surface area (Å²) in [4.78, 5) is 38.9. The average Bonchev–Trinajstić information content (AvgIpc) is 3.06. The van der Waals surface area contributed by atoms with E-state index >= 15 is 0 Å². The largest absolute Gasteiger partial charge is 0.494 e. The molecule has 3 aromatic rings. The molecule has 0 fully saturated rings. The van der Waals surface area contributed by atoms with Gasteiger partial charge in [-0.2, -0.15) is 0 Å². The van der Waals surface area contributed by atoms with Crippen molar-refractivity contribution in [2.45, 2.75) is 6.92 Å². The number of fused-ring (bicyclic) bond motifs is 1. The number of anilines is 2. The molecule has 0 saturated heterocycles. The quantitative estimate of drug-likeness (QED) is 0.408. The van der Waals surface area contributed by atoms with Gasteiger partial charge in [0.15, 0.2) is 5.11 Å². The SMILES string of the molecule is CCOc1cccc(C(=O)NC(=S)Nc2ccc(N3C(=O)c4ccccc4C3=O)cc2Cl)c1. The zero-order chi connectivity index (χ0) is 23.5. The van der Waals surface area contributed by atoms with Crippen molar-refractivity contribution in [2.75, 3.05) is 16.8 Å². The molecule has 3 aromatic carbocycles. The number of halogens is 1. The molecule has 0 aromatic heterocycles. The molecule has 166 valence electrons. The van der Waals surface area contributed by atoms with Gasteiger partial charge < -0.3 is 10.1 Å².